The number of aliphatic hydroxyl groups is 3. The van der Waals surface area contributed by atoms with Crippen LogP contribution in [0.1, 0.15) is 11.8 Å². The summed E-state index contributed by atoms with van der Waals surface area (Å²) < 4.78 is 12.5. The standard InChI is InChI=1S/C20H23N7O5/c1-2-7-31-12-5-3-11(4-6-12)8-24-26-20-25-14-17(21)22-10-23-18(14)27(20)19-16(30)15(29)13(9-28)32-19/h2-6,8,10,13,15-16,19,28-30H,1,7,9H2,(H,25,26)(H2,21,22,23)/b24-8-/t13-,15+,16-,19-/m0/s1. The highest BCUT2D eigenvalue weighted by Crippen LogP contribution is 2.35. The van der Waals surface area contributed by atoms with E-state index in [9.17, 15) is 15.3 Å². The van der Waals surface area contributed by atoms with E-state index in [1.165, 1.54) is 10.9 Å². The number of aliphatic hydroxyl groups excluding tert-OH is 3. The summed E-state index contributed by atoms with van der Waals surface area (Å²) in [6, 6.07) is 7.25. The number of anilines is 2. The van der Waals surface area contributed by atoms with Gasteiger partial charge >= 0.3 is 0 Å². The predicted molar refractivity (Wildman–Crippen MR) is 116 cm³/mol. The first-order valence-corrected chi connectivity index (χ1v) is 9.77. The van der Waals surface area contributed by atoms with E-state index < -0.39 is 31.1 Å². The molecule has 0 amide bonds. The van der Waals surface area contributed by atoms with Gasteiger partial charge in [-0.05, 0) is 29.8 Å². The molecule has 1 fully saturated rings. The molecule has 0 bridgehead atoms. The number of nitrogens with zero attached hydrogens (tertiary/aromatic N) is 5. The van der Waals surface area contributed by atoms with Crippen LogP contribution in [0.4, 0.5) is 11.8 Å². The Balaban J connectivity index is 1.61. The number of nitrogens with one attached hydrogen (secondary N) is 1. The van der Waals surface area contributed by atoms with Gasteiger partial charge in [0.05, 0.1) is 12.8 Å². The fourth-order valence-electron chi connectivity index (χ4n) is 3.31. The van der Waals surface area contributed by atoms with Crippen molar-refractivity contribution in [2.45, 2.75) is 24.5 Å². The molecule has 3 heterocycles. The van der Waals surface area contributed by atoms with Crippen LogP contribution in [0, 0.1) is 0 Å². The lowest BCUT2D eigenvalue weighted by Crippen LogP contribution is -2.33. The Morgan fingerprint density at radius 1 is 1.25 bits per heavy atom. The normalized spacial score (nSPS) is 23.1. The molecule has 0 aliphatic carbocycles. The fraction of sp³-hybridized carbons (Fsp3) is 0.300. The van der Waals surface area contributed by atoms with Crippen molar-refractivity contribution in [2.75, 3.05) is 24.4 Å². The molecule has 12 heteroatoms. The molecule has 168 valence electrons. The van der Waals surface area contributed by atoms with Crippen molar-refractivity contribution in [3.8, 4) is 5.75 Å². The van der Waals surface area contributed by atoms with Crippen LogP contribution in [0.5, 0.6) is 5.75 Å². The van der Waals surface area contributed by atoms with E-state index in [0.717, 1.165) is 5.56 Å². The number of rotatable bonds is 8. The molecule has 2 aromatic heterocycles. The highest BCUT2D eigenvalue weighted by molar-refractivity contribution is 5.84. The highest BCUT2D eigenvalue weighted by Gasteiger charge is 2.45. The Hall–Kier alpha value is -3.58. The Bertz CT molecular complexity index is 1120. The zero-order chi connectivity index (χ0) is 22.7. The first kappa shape index (κ1) is 21.6. The van der Waals surface area contributed by atoms with Crippen LogP contribution < -0.4 is 15.9 Å². The van der Waals surface area contributed by atoms with Gasteiger partial charge < -0.3 is 30.5 Å². The Morgan fingerprint density at radius 2 is 2.03 bits per heavy atom. The van der Waals surface area contributed by atoms with Gasteiger partial charge in [0.2, 0.25) is 5.95 Å². The quantitative estimate of drug-likeness (QED) is 0.182. The number of nitrogens with two attached hydrogens (primary N) is 1. The van der Waals surface area contributed by atoms with Crippen molar-refractivity contribution in [3.63, 3.8) is 0 Å². The summed E-state index contributed by atoms with van der Waals surface area (Å²) in [7, 11) is 0. The van der Waals surface area contributed by atoms with Crippen molar-refractivity contribution >= 4 is 29.1 Å². The minimum atomic E-state index is -1.34. The van der Waals surface area contributed by atoms with Crippen LogP contribution >= 0.6 is 0 Å². The Kier molecular flexibility index (Phi) is 6.28. The molecule has 0 saturated carbocycles. The van der Waals surface area contributed by atoms with E-state index in [1.807, 2.05) is 12.1 Å². The van der Waals surface area contributed by atoms with Crippen LogP contribution in [-0.2, 0) is 4.74 Å². The van der Waals surface area contributed by atoms with Crippen LogP contribution in [-0.4, -0.2) is 72.6 Å². The number of hydrazone groups is 1. The molecule has 4 rings (SSSR count). The van der Waals surface area contributed by atoms with Crippen molar-refractivity contribution < 1.29 is 24.8 Å². The highest BCUT2D eigenvalue weighted by atomic mass is 16.6. The largest absolute Gasteiger partial charge is 0.490 e. The molecule has 1 aliphatic rings. The monoisotopic (exact) mass is 441 g/mol. The summed E-state index contributed by atoms with van der Waals surface area (Å²) in [6.45, 7) is 3.56. The Morgan fingerprint density at radius 3 is 2.72 bits per heavy atom. The van der Waals surface area contributed by atoms with Crippen molar-refractivity contribution in [2.24, 2.45) is 5.10 Å². The number of hydrogen-bond donors (Lipinski definition) is 5. The second-order valence-electron chi connectivity index (χ2n) is 7.00. The number of imidazole rings is 1. The lowest BCUT2D eigenvalue weighted by molar-refractivity contribution is -0.0501. The maximum atomic E-state index is 10.5. The average Bonchev–Trinajstić information content (AvgIpc) is 3.31. The third-order valence-corrected chi connectivity index (χ3v) is 4.90. The number of benzene rings is 1. The summed E-state index contributed by atoms with van der Waals surface area (Å²) >= 11 is 0. The first-order valence-electron chi connectivity index (χ1n) is 9.77. The molecule has 6 N–H and O–H groups in total. The van der Waals surface area contributed by atoms with E-state index in [2.05, 4.69) is 32.1 Å². The predicted octanol–water partition coefficient (Wildman–Crippen LogP) is 0.0308. The van der Waals surface area contributed by atoms with E-state index in [0.29, 0.717) is 12.4 Å². The lowest BCUT2D eigenvalue weighted by atomic mass is 10.1. The molecular formula is C20H23N7O5. The summed E-state index contributed by atoms with van der Waals surface area (Å²) in [5.41, 5.74) is 10.0. The van der Waals surface area contributed by atoms with E-state index in [-0.39, 0.29) is 22.9 Å². The molecule has 32 heavy (non-hydrogen) atoms. The third kappa shape index (κ3) is 4.11. The fourth-order valence-corrected chi connectivity index (χ4v) is 3.31. The molecule has 4 atom stereocenters. The SMILES string of the molecule is C=CCOc1ccc(/C=N\Nc2nc3c(N)ncnc3n2[C@H]2O[C@@H](CO)[C@@H](O)[C@@H]2O)cc1. The van der Waals surface area contributed by atoms with Crippen molar-refractivity contribution in [3.05, 3.63) is 48.8 Å². The van der Waals surface area contributed by atoms with Crippen LogP contribution in [0.15, 0.2) is 48.3 Å². The van der Waals surface area contributed by atoms with E-state index in [1.54, 1.807) is 24.4 Å². The van der Waals surface area contributed by atoms with Crippen molar-refractivity contribution in [1.29, 1.82) is 0 Å². The number of ether oxygens (including phenoxy) is 2. The summed E-state index contributed by atoms with van der Waals surface area (Å²) in [4.78, 5) is 12.5. The number of fused-ring (bicyclic) bond motifs is 1. The van der Waals surface area contributed by atoms with Gasteiger partial charge in [-0.2, -0.15) is 5.10 Å². The maximum Gasteiger partial charge on any atom is 0.228 e. The topological polar surface area (TPSA) is 173 Å². The van der Waals surface area contributed by atoms with Crippen LogP contribution in [0.25, 0.3) is 11.2 Å². The van der Waals surface area contributed by atoms with Gasteiger partial charge in [0, 0.05) is 0 Å². The second kappa shape index (κ2) is 9.28. The van der Waals surface area contributed by atoms with Gasteiger partial charge in [0.1, 0.15) is 37.0 Å². The van der Waals surface area contributed by atoms with Gasteiger partial charge in [0.15, 0.2) is 23.2 Å². The molecule has 0 unspecified atom stereocenters. The third-order valence-electron chi connectivity index (χ3n) is 4.90. The Labute approximate surface area is 182 Å². The molecule has 3 aromatic rings. The zero-order valence-corrected chi connectivity index (χ0v) is 16.9. The molecule has 0 spiro atoms. The number of aromatic nitrogens is 4. The van der Waals surface area contributed by atoms with E-state index >= 15 is 0 Å². The molecule has 1 aromatic carbocycles. The van der Waals surface area contributed by atoms with Gasteiger partial charge in [-0.3, -0.25) is 4.57 Å². The van der Waals surface area contributed by atoms with E-state index in [4.69, 9.17) is 15.2 Å². The number of nitrogen functional groups attached to an aromatic ring is 1. The van der Waals surface area contributed by atoms with Gasteiger partial charge in [0.25, 0.3) is 0 Å². The minimum absolute atomic E-state index is 0.127. The van der Waals surface area contributed by atoms with Crippen LogP contribution in [0.2, 0.25) is 0 Å². The summed E-state index contributed by atoms with van der Waals surface area (Å²) in [5.74, 6) is 0.988. The summed E-state index contributed by atoms with van der Waals surface area (Å²) in [6.07, 6.45) is -0.207. The van der Waals surface area contributed by atoms with Crippen molar-refractivity contribution in [1.82, 2.24) is 19.5 Å². The lowest BCUT2D eigenvalue weighted by Gasteiger charge is -2.18. The van der Waals surface area contributed by atoms with Crippen LogP contribution in [0.3, 0.4) is 0 Å². The smallest absolute Gasteiger partial charge is 0.228 e. The molecule has 0 radical (unpaired) electrons. The van der Waals surface area contributed by atoms with Gasteiger partial charge in [-0.1, -0.05) is 12.7 Å². The average molecular weight is 441 g/mol. The molecule has 1 aliphatic heterocycles. The summed E-state index contributed by atoms with van der Waals surface area (Å²) in [5, 5.41) is 34.2. The van der Waals surface area contributed by atoms with Gasteiger partial charge in [-0.15, -0.1) is 0 Å². The minimum Gasteiger partial charge on any atom is -0.490 e. The molecular weight excluding hydrogens is 418 g/mol. The second-order valence-corrected chi connectivity index (χ2v) is 7.00. The molecule has 1 saturated heterocycles. The number of hydrogen-bond acceptors (Lipinski definition) is 11. The zero-order valence-electron chi connectivity index (χ0n) is 16.9. The maximum absolute atomic E-state index is 10.5. The van der Waals surface area contributed by atoms with Gasteiger partial charge in [-0.25, -0.2) is 20.4 Å². The first-order chi connectivity index (χ1) is 15.5. The molecule has 12 nitrogen and oxygen atoms in total.